The van der Waals surface area contributed by atoms with Gasteiger partial charge in [-0.05, 0) is 41.8 Å². The van der Waals surface area contributed by atoms with Crippen LogP contribution in [0.3, 0.4) is 0 Å². The predicted octanol–water partition coefficient (Wildman–Crippen LogP) is 4.99. The van der Waals surface area contributed by atoms with Crippen LogP contribution < -0.4 is 10.1 Å². The van der Waals surface area contributed by atoms with Crippen LogP contribution >= 0.6 is 15.9 Å². The van der Waals surface area contributed by atoms with Gasteiger partial charge in [0, 0.05) is 30.9 Å². The van der Waals surface area contributed by atoms with Crippen molar-refractivity contribution < 1.29 is 14.3 Å². The van der Waals surface area contributed by atoms with Crippen molar-refractivity contribution in [3.05, 3.63) is 101 Å². The summed E-state index contributed by atoms with van der Waals surface area (Å²) in [7, 11) is 1.61. The first-order valence-electron chi connectivity index (χ1n) is 11.0. The molecule has 0 spiro atoms. The second-order valence-corrected chi connectivity index (χ2v) is 8.65. The third-order valence-corrected chi connectivity index (χ3v) is 5.80. The number of nitrogens with zero attached hydrogens (tertiary/aromatic N) is 1. The number of benzene rings is 3. The minimum Gasteiger partial charge on any atom is -0.494 e. The Kier molecular flexibility index (Phi) is 9.51. The third-order valence-electron chi connectivity index (χ3n) is 5.31. The number of halogens is 1. The highest BCUT2D eigenvalue weighted by atomic mass is 79.9. The lowest BCUT2D eigenvalue weighted by molar-refractivity contribution is -0.141. The van der Waals surface area contributed by atoms with Gasteiger partial charge in [0.2, 0.25) is 11.8 Å². The van der Waals surface area contributed by atoms with Gasteiger partial charge in [-0.15, -0.1) is 0 Å². The van der Waals surface area contributed by atoms with E-state index in [0.717, 1.165) is 21.3 Å². The second-order valence-electron chi connectivity index (χ2n) is 7.74. The first-order chi connectivity index (χ1) is 16.1. The Morgan fingerprint density at radius 1 is 0.939 bits per heavy atom. The summed E-state index contributed by atoms with van der Waals surface area (Å²) in [5.74, 6) is 0.530. The molecule has 0 aliphatic rings. The highest BCUT2D eigenvalue weighted by molar-refractivity contribution is 9.10. The zero-order chi connectivity index (χ0) is 23.5. The molecule has 0 aliphatic heterocycles. The zero-order valence-corrected chi connectivity index (χ0v) is 20.3. The molecular formula is C27H29BrN2O3. The molecule has 33 heavy (non-hydrogen) atoms. The van der Waals surface area contributed by atoms with Crippen LogP contribution in [0, 0.1) is 0 Å². The molecule has 6 heteroatoms. The lowest BCUT2D eigenvalue weighted by atomic mass is 10.0. The maximum atomic E-state index is 13.4. The standard InChI is InChI=1S/C27H29BrN2O3/c1-29-27(32)25(19-21-10-4-2-5-11-21)30(20-22-12-8-13-23(28)18-22)26(31)16-9-17-33-24-14-6-3-7-15-24/h2-8,10-15,18,25H,9,16-17,19-20H2,1H3,(H,29,32)/t25-/m1/s1. The van der Waals surface area contributed by atoms with Crippen molar-refractivity contribution in [1.29, 1.82) is 0 Å². The smallest absolute Gasteiger partial charge is 0.242 e. The van der Waals surface area contributed by atoms with E-state index >= 15 is 0 Å². The fourth-order valence-corrected chi connectivity index (χ4v) is 4.07. The molecule has 0 radical (unpaired) electrons. The monoisotopic (exact) mass is 508 g/mol. The van der Waals surface area contributed by atoms with Gasteiger partial charge in [0.15, 0.2) is 0 Å². The van der Waals surface area contributed by atoms with Crippen LogP contribution in [0.5, 0.6) is 5.75 Å². The molecule has 0 saturated carbocycles. The van der Waals surface area contributed by atoms with Crippen molar-refractivity contribution in [2.24, 2.45) is 0 Å². The lowest BCUT2D eigenvalue weighted by Crippen LogP contribution is -2.49. The van der Waals surface area contributed by atoms with Crippen molar-refractivity contribution >= 4 is 27.7 Å². The van der Waals surface area contributed by atoms with Gasteiger partial charge in [0.1, 0.15) is 11.8 Å². The van der Waals surface area contributed by atoms with Crippen molar-refractivity contribution in [3.63, 3.8) is 0 Å². The summed E-state index contributed by atoms with van der Waals surface area (Å²) in [6.45, 7) is 0.784. The van der Waals surface area contributed by atoms with Gasteiger partial charge < -0.3 is 15.0 Å². The summed E-state index contributed by atoms with van der Waals surface area (Å²) in [6, 6.07) is 26.5. The van der Waals surface area contributed by atoms with Crippen molar-refractivity contribution in [3.8, 4) is 5.75 Å². The number of amides is 2. The fraction of sp³-hybridized carbons (Fsp3) is 0.259. The molecular weight excluding hydrogens is 480 g/mol. The molecule has 172 valence electrons. The summed E-state index contributed by atoms with van der Waals surface area (Å²) in [5.41, 5.74) is 1.96. The van der Waals surface area contributed by atoms with E-state index in [9.17, 15) is 9.59 Å². The number of hydrogen-bond donors (Lipinski definition) is 1. The summed E-state index contributed by atoms with van der Waals surface area (Å²) in [4.78, 5) is 28.0. The van der Waals surface area contributed by atoms with Crippen molar-refractivity contribution in [1.82, 2.24) is 10.2 Å². The van der Waals surface area contributed by atoms with E-state index in [1.54, 1.807) is 11.9 Å². The van der Waals surface area contributed by atoms with Gasteiger partial charge in [0.05, 0.1) is 6.61 Å². The maximum absolute atomic E-state index is 13.4. The van der Waals surface area contributed by atoms with E-state index in [0.29, 0.717) is 32.4 Å². The number of likely N-dealkylation sites (N-methyl/N-ethyl adjacent to an activating group) is 1. The molecule has 0 saturated heterocycles. The summed E-state index contributed by atoms with van der Waals surface area (Å²) in [5, 5.41) is 2.74. The molecule has 0 fully saturated rings. The Bertz CT molecular complexity index is 1030. The summed E-state index contributed by atoms with van der Waals surface area (Å²) < 4.78 is 6.67. The molecule has 0 unspecified atom stereocenters. The lowest BCUT2D eigenvalue weighted by Gasteiger charge is -2.31. The zero-order valence-electron chi connectivity index (χ0n) is 18.7. The van der Waals surface area contributed by atoms with Gasteiger partial charge in [-0.25, -0.2) is 0 Å². The molecule has 0 aliphatic carbocycles. The molecule has 1 atom stereocenters. The quantitative estimate of drug-likeness (QED) is 0.371. The number of hydrogen-bond acceptors (Lipinski definition) is 3. The van der Waals surface area contributed by atoms with Gasteiger partial charge in [-0.3, -0.25) is 9.59 Å². The van der Waals surface area contributed by atoms with Gasteiger partial charge in [0.25, 0.3) is 0 Å². The topological polar surface area (TPSA) is 58.6 Å². The Labute approximate surface area is 203 Å². The van der Waals surface area contributed by atoms with Crippen LogP contribution in [-0.2, 0) is 22.6 Å². The molecule has 3 aromatic carbocycles. The highest BCUT2D eigenvalue weighted by Crippen LogP contribution is 2.19. The summed E-state index contributed by atoms with van der Waals surface area (Å²) in [6.07, 6.45) is 1.30. The Hall–Kier alpha value is -3.12. The number of para-hydroxylation sites is 1. The average Bonchev–Trinajstić information content (AvgIpc) is 2.84. The Balaban J connectivity index is 1.75. The van der Waals surface area contributed by atoms with Crippen molar-refractivity contribution in [2.45, 2.75) is 31.8 Å². The van der Waals surface area contributed by atoms with Crippen LogP contribution in [0.4, 0.5) is 0 Å². The molecule has 3 rings (SSSR count). The summed E-state index contributed by atoms with van der Waals surface area (Å²) >= 11 is 3.50. The fourth-order valence-electron chi connectivity index (χ4n) is 3.63. The van der Waals surface area contributed by atoms with Crippen LogP contribution in [0.15, 0.2) is 89.4 Å². The maximum Gasteiger partial charge on any atom is 0.242 e. The third kappa shape index (κ3) is 7.75. The van der Waals surface area contributed by atoms with E-state index in [4.69, 9.17) is 4.74 Å². The van der Waals surface area contributed by atoms with E-state index in [1.807, 2.05) is 84.9 Å². The number of carbonyl (C=O) groups excluding carboxylic acids is 2. The SMILES string of the molecule is CNC(=O)[C@@H](Cc1ccccc1)N(Cc1cccc(Br)c1)C(=O)CCCOc1ccccc1. The van der Waals surface area contributed by atoms with Gasteiger partial charge in [-0.2, -0.15) is 0 Å². The van der Waals surface area contributed by atoms with Gasteiger partial charge >= 0.3 is 0 Å². The predicted molar refractivity (Wildman–Crippen MR) is 134 cm³/mol. The van der Waals surface area contributed by atoms with Crippen LogP contribution in [-0.4, -0.2) is 36.4 Å². The van der Waals surface area contributed by atoms with E-state index < -0.39 is 6.04 Å². The first-order valence-corrected chi connectivity index (χ1v) is 11.8. The van der Waals surface area contributed by atoms with E-state index in [2.05, 4.69) is 21.2 Å². The Morgan fingerprint density at radius 2 is 1.61 bits per heavy atom. The van der Waals surface area contributed by atoms with Crippen molar-refractivity contribution in [2.75, 3.05) is 13.7 Å². The molecule has 1 N–H and O–H groups in total. The van der Waals surface area contributed by atoms with Crippen LogP contribution in [0.25, 0.3) is 0 Å². The largest absolute Gasteiger partial charge is 0.494 e. The van der Waals surface area contributed by atoms with Gasteiger partial charge in [-0.1, -0.05) is 76.6 Å². The molecule has 0 bridgehead atoms. The minimum atomic E-state index is -0.612. The normalized spacial score (nSPS) is 11.5. The number of rotatable bonds is 11. The first kappa shape index (κ1) is 24.5. The molecule has 0 aromatic heterocycles. The van der Waals surface area contributed by atoms with Crippen LogP contribution in [0.1, 0.15) is 24.0 Å². The number of nitrogens with one attached hydrogen (secondary N) is 1. The molecule has 5 nitrogen and oxygen atoms in total. The van der Waals surface area contributed by atoms with Crippen LogP contribution in [0.2, 0.25) is 0 Å². The Morgan fingerprint density at radius 3 is 2.27 bits per heavy atom. The van der Waals surface area contributed by atoms with E-state index in [1.165, 1.54) is 0 Å². The molecule has 0 heterocycles. The molecule has 2 amide bonds. The number of carbonyl (C=O) groups is 2. The minimum absolute atomic E-state index is 0.0730. The number of ether oxygens (including phenoxy) is 1. The second kappa shape index (κ2) is 12.8. The average molecular weight is 509 g/mol. The highest BCUT2D eigenvalue weighted by Gasteiger charge is 2.29. The van der Waals surface area contributed by atoms with E-state index in [-0.39, 0.29) is 11.8 Å². The molecule has 3 aromatic rings.